The SMILES string of the molecule is CCC(CC)C1=C(C)CC(=O)CC1(C)C. The average molecular weight is 208 g/mol. The Kier molecular flexibility index (Phi) is 3.75. The van der Waals surface area contributed by atoms with Gasteiger partial charge in [0, 0.05) is 12.8 Å². The second-order valence-corrected chi connectivity index (χ2v) is 5.48. The lowest BCUT2D eigenvalue weighted by molar-refractivity contribution is -0.120. The summed E-state index contributed by atoms with van der Waals surface area (Å²) in [5.41, 5.74) is 2.99. The van der Waals surface area contributed by atoms with Crippen molar-refractivity contribution in [3.05, 3.63) is 11.1 Å². The van der Waals surface area contributed by atoms with Crippen molar-refractivity contribution < 1.29 is 4.79 Å². The molecule has 1 heteroatoms. The molecule has 0 unspecified atom stereocenters. The molecule has 0 saturated heterocycles. The van der Waals surface area contributed by atoms with E-state index in [1.54, 1.807) is 5.57 Å². The van der Waals surface area contributed by atoms with Crippen LogP contribution in [0.5, 0.6) is 0 Å². The second-order valence-electron chi connectivity index (χ2n) is 5.48. The topological polar surface area (TPSA) is 17.1 Å². The van der Waals surface area contributed by atoms with Gasteiger partial charge in [-0.1, -0.05) is 38.8 Å². The average Bonchev–Trinajstić information content (AvgIpc) is 2.09. The van der Waals surface area contributed by atoms with E-state index in [0.29, 0.717) is 18.1 Å². The van der Waals surface area contributed by atoms with Gasteiger partial charge in [0.25, 0.3) is 0 Å². The van der Waals surface area contributed by atoms with Gasteiger partial charge < -0.3 is 0 Å². The van der Waals surface area contributed by atoms with E-state index >= 15 is 0 Å². The first kappa shape index (κ1) is 12.5. The van der Waals surface area contributed by atoms with Crippen LogP contribution >= 0.6 is 0 Å². The third kappa shape index (κ3) is 2.50. The molecule has 0 heterocycles. The number of ketones is 1. The van der Waals surface area contributed by atoms with Gasteiger partial charge in [0.05, 0.1) is 0 Å². The normalized spacial score (nSPS) is 21.3. The van der Waals surface area contributed by atoms with Gasteiger partial charge in [-0.3, -0.25) is 4.79 Å². The highest BCUT2D eigenvalue weighted by molar-refractivity contribution is 5.83. The molecule has 0 fully saturated rings. The second kappa shape index (κ2) is 4.51. The molecule has 1 nitrogen and oxygen atoms in total. The Balaban J connectivity index is 3.10. The monoisotopic (exact) mass is 208 g/mol. The third-order valence-electron chi connectivity index (χ3n) is 3.68. The van der Waals surface area contributed by atoms with Gasteiger partial charge in [-0.05, 0) is 31.1 Å². The van der Waals surface area contributed by atoms with Crippen LogP contribution in [0.1, 0.15) is 60.3 Å². The van der Waals surface area contributed by atoms with Crippen LogP contribution in [0.4, 0.5) is 0 Å². The molecular formula is C14H24O. The van der Waals surface area contributed by atoms with Crippen LogP contribution in [0, 0.1) is 11.3 Å². The highest BCUT2D eigenvalue weighted by Gasteiger charge is 2.35. The molecule has 0 aromatic rings. The maximum Gasteiger partial charge on any atom is 0.137 e. The van der Waals surface area contributed by atoms with Crippen LogP contribution in [-0.2, 0) is 4.79 Å². The summed E-state index contributed by atoms with van der Waals surface area (Å²) in [6.07, 6.45) is 3.81. The van der Waals surface area contributed by atoms with Crippen LogP contribution in [-0.4, -0.2) is 5.78 Å². The molecule has 0 radical (unpaired) electrons. The molecule has 86 valence electrons. The van der Waals surface area contributed by atoms with Crippen LogP contribution in [0.3, 0.4) is 0 Å². The molecule has 0 amide bonds. The maximum absolute atomic E-state index is 11.6. The Morgan fingerprint density at radius 3 is 2.20 bits per heavy atom. The van der Waals surface area contributed by atoms with Crippen LogP contribution in [0.2, 0.25) is 0 Å². The Labute approximate surface area is 93.9 Å². The molecule has 15 heavy (non-hydrogen) atoms. The zero-order valence-corrected chi connectivity index (χ0v) is 10.8. The minimum atomic E-state index is 0.0934. The number of hydrogen-bond acceptors (Lipinski definition) is 1. The van der Waals surface area contributed by atoms with Crippen molar-refractivity contribution in [2.75, 3.05) is 0 Å². The predicted molar refractivity (Wildman–Crippen MR) is 64.8 cm³/mol. The number of carbonyl (C=O) groups excluding carboxylic acids is 1. The summed E-state index contributed by atoms with van der Waals surface area (Å²) < 4.78 is 0. The zero-order valence-electron chi connectivity index (χ0n) is 10.8. The van der Waals surface area contributed by atoms with Crippen LogP contribution in [0.25, 0.3) is 0 Å². The number of Topliss-reactive ketones (excluding diaryl/α,β-unsaturated/α-hetero) is 1. The van der Waals surface area contributed by atoms with Crippen molar-refractivity contribution in [3.8, 4) is 0 Å². The van der Waals surface area contributed by atoms with Crippen molar-refractivity contribution in [2.24, 2.45) is 11.3 Å². The lowest BCUT2D eigenvalue weighted by Gasteiger charge is -2.38. The molecule has 1 rings (SSSR count). The molecule has 0 atom stereocenters. The molecule has 1 aliphatic carbocycles. The van der Waals surface area contributed by atoms with E-state index in [9.17, 15) is 4.79 Å². The van der Waals surface area contributed by atoms with Gasteiger partial charge in [-0.2, -0.15) is 0 Å². The molecule has 0 aromatic heterocycles. The summed E-state index contributed by atoms with van der Waals surface area (Å²) >= 11 is 0. The molecule has 1 aliphatic rings. The molecule has 0 N–H and O–H groups in total. The largest absolute Gasteiger partial charge is 0.299 e. The summed E-state index contributed by atoms with van der Waals surface area (Å²) in [4.78, 5) is 11.6. The van der Waals surface area contributed by atoms with Crippen molar-refractivity contribution in [1.82, 2.24) is 0 Å². The number of allylic oxidation sites excluding steroid dienone is 2. The Bertz CT molecular complexity index is 280. The maximum atomic E-state index is 11.6. The highest BCUT2D eigenvalue weighted by Crippen LogP contribution is 2.44. The fourth-order valence-electron chi connectivity index (χ4n) is 3.22. The molecule has 0 bridgehead atoms. The first-order chi connectivity index (χ1) is 6.92. The van der Waals surface area contributed by atoms with E-state index in [0.717, 1.165) is 6.42 Å². The third-order valence-corrected chi connectivity index (χ3v) is 3.68. The quantitative estimate of drug-likeness (QED) is 0.637. The molecule has 0 saturated carbocycles. The molecule has 0 aliphatic heterocycles. The number of rotatable bonds is 3. The van der Waals surface area contributed by atoms with Gasteiger partial charge in [0.1, 0.15) is 5.78 Å². The smallest absolute Gasteiger partial charge is 0.137 e. The highest BCUT2D eigenvalue weighted by atomic mass is 16.1. The lowest BCUT2D eigenvalue weighted by Crippen LogP contribution is -2.30. The Morgan fingerprint density at radius 2 is 1.80 bits per heavy atom. The van der Waals surface area contributed by atoms with Crippen molar-refractivity contribution in [3.63, 3.8) is 0 Å². The van der Waals surface area contributed by atoms with Crippen LogP contribution < -0.4 is 0 Å². The number of hydrogen-bond donors (Lipinski definition) is 0. The summed E-state index contributed by atoms with van der Waals surface area (Å²) in [5, 5.41) is 0. The van der Waals surface area contributed by atoms with Crippen molar-refractivity contribution >= 4 is 5.78 Å². The number of carbonyl (C=O) groups is 1. The van der Waals surface area contributed by atoms with Gasteiger partial charge in [0.2, 0.25) is 0 Å². The first-order valence-electron chi connectivity index (χ1n) is 6.14. The van der Waals surface area contributed by atoms with E-state index in [4.69, 9.17) is 0 Å². The first-order valence-corrected chi connectivity index (χ1v) is 6.14. The standard InChI is InChI=1S/C14H24O/c1-6-11(7-2)13-10(3)8-12(15)9-14(13,4)5/h11H,6-9H2,1-5H3. The van der Waals surface area contributed by atoms with Gasteiger partial charge in [-0.25, -0.2) is 0 Å². The summed E-state index contributed by atoms with van der Waals surface area (Å²) in [5.74, 6) is 1.08. The molecule has 0 aromatic carbocycles. The molecular weight excluding hydrogens is 184 g/mol. The van der Waals surface area contributed by atoms with E-state index in [1.807, 2.05) is 0 Å². The fraction of sp³-hybridized carbons (Fsp3) is 0.786. The van der Waals surface area contributed by atoms with Crippen molar-refractivity contribution in [2.45, 2.75) is 60.3 Å². The van der Waals surface area contributed by atoms with Gasteiger partial charge in [0.15, 0.2) is 0 Å². The minimum absolute atomic E-state index is 0.0934. The Hall–Kier alpha value is -0.590. The Morgan fingerprint density at radius 1 is 1.27 bits per heavy atom. The van der Waals surface area contributed by atoms with E-state index in [2.05, 4.69) is 34.6 Å². The van der Waals surface area contributed by atoms with E-state index < -0.39 is 0 Å². The lowest BCUT2D eigenvalue weighted by atomic mass is 9.66. The fourth-order valence-corrected chi connectivity index (χ4v) is 3.22. The van der Waals surface area contributed by atoms with E-state index in [1.165, 1.54) is 18.4 Å². The van der Waals surface area contributed by atoms with Crippen molar-refractivity contribution in [1.29, 1.82) is 0 Å². The summed E-state index contributed by atoms with van der Waals surface area (Å²) in [7, 11) is 0. The van der Waals surface area contributed by atoms with E-state index in [-0.39, 0.29) is 5.41 Å². The minimum Gasteiger partial charge on any atom is -0.299 e. The van der Waals surface area contributed by atoms with Crippen LogP contribution in [0.15, 0.2) is 11.1 Å². The van der Waals surface area contributed by atoms with Gasteiger partial charge >= 0.3 is 0 Å². The predicted octanol–water partition coefficient (Wildman–Crippen LogP) is 4.13. The summed E-state index contributed by atoms with van der Waals surface area (Å²) in [6, 6.07) is 0. The van der Waals surface area contributed by atoms with Gasteiger partial charge in [-0.15, -0.1) is 0 Å². The molecule has 0 spiro atoms. The zero-order chi connectivity index (χ0) is 11.6. The summed E-state index contributed by atoms with van der Waals surface area (Å²) in [6.45, 7) is 11.1.